The van der Waals surface area contributed by atoms with Crippen molar-refractivity contribution in [2.75, 3.05) is 11.9 Å². The summed E-state index contributed by atoms with van der Waals surface area (Å²) < 4.78 is 12.9. The fourth-order valence-electron chi connectivity index (χ4n) is 1.99. The van der Waals surface area contributed by atoms with Crippen LogP contribution < -0.4 is 4.90 Å². The van der Waals surface area contributed by atoms with Crippen molar-refractivity contribution in [3.05, 3.63) is 64.0 Å². The maximum absolute atomic E-state index is 12.9. The Balaban J connectivity index is 2.44. The topological polar surface area (TPSA) is 63.5 Å². The number of Topliss-reactive ketones (excluding diaryl/α,β-unsaturated/α-hetero) is 1. The van der Waals surface area contributed by atoms with Gasteiger partial charge >= 0.3 is 0 Å². The molecule has 0 atom stereocenters. The van der Waals surface area contributed by atoms with Gasteiger partial charge in [-0.15, -0.1) is 0 Å². The molecule has 6 heteroatoms. The molecule has 0 aliphatic rings. The summed E-state index contributed by atoms with van der Waals surface area (Å²) in [5.74, 6) is -0.720. The number of ketones is 1. The van der Waals surface area contributed by atoms with Crippen LogP contribution in [0.4, 0.5) is 21.5 Å². The molecule has 0 spiro atoms. The highest BCUT2D eigenvalue weighted by Crippen LogP contribution is 2.29. The summed E-state index contributed by atoms with van der Waals surface area (Å²) >= 11 is 0. The van der Waals surface area contributed by atoms with Gasteiger partial charge in [0.1, 0.15) is 5.82 Å². The number of anilines is 2. The third-order valence-electron chi connectivity index (χ3n) is 3.16. The molecule has 21 heavy (non-hydrogen) atoms. The predicted molar refractivity (Wildman–Crippen MR) is 77.6 cm³/mol. The number of hydrogen-bond donors (Lipinski definition) is 0. The Morgan fingerprint density at radius 3 is 2.24 bits per heavy atom. The smallest absolute Gasteiger partial charge is 0.282 e. The monoisotopic (exact) mass is 288 g/mol. The first kappa shape index (κ1) is 14.6. The van der Waals surface area contributed by atoms with Gasteiger partial charge in [0.05, 0.1) is 10.5 Å². The maximum atomic E-state index is 12.9. The first-order valence-electron chi connectivity index (χ1n) is 6.19. The molecule has 0 bridgehead atoms. The molecule has 0 saturated heterocycles. The third kappa shape index (κ3) is 3.05. The lowest BCUT2D eigenvalue weighted by Gasteiger charge is -2.19. The largest absolute Gasteiger partial charge is 0.344 e. The quantitative estimate of drug-likeness (QED) is 0.489. The van der Waals surface area contributed by atoms with E-state index in [9.17, 15) is 19.3 Å². The fourth-order valence-corrected chi connectivity index (χ4v) is 1.99. The van der Waals surface area contributed by atoms with Gasteiger partial charge in [-0.2, -0.15) is 0 Å². The van der Waals surface area contributed by atoms with E-state index in [4.69, 9.17) is 0 Å². The number of carbonyl (C=O) groups is 1. The van der Waals surface area contributed by atoms with Gasteiger partial charge in [0.15, 0.2) is 5.78 Å². The van der Waals surface area contributed by atoms with Crippen molar-refractivity contribution in [2.45, 2.75) is 6.92 Å². The van der Waals surface area contributed by atoms with Crippen LogP contribution in [-0.4, -0.2) is 17.8 Å². The SMILES string of the molecule is CC(=O)c1ccc(N(C)c2ccc(F)cc2)cc1[N+](=O)[O-]. The summed E-state index contributed by atoms with van der Waals surface area (Å²) in [6.45, 7) is 1.28. The number of nitro benzene ring substituents is 1. The van der Waals surface area contributed by atoms with Gasteiger partial charge in [-0.25, -0.2) is 4.39 Å². The summed E-state index contributed by atoms with van der Waals surface area (Å²) in [6.07, 6.45) is 0. The van der Waals surface area contributed by atoms with Crippen LogP contribution in [0.5, 0.6) is 0 Å². The minimum atomic E-state index is -0.585. The van der Waals surface area contributed by atoms with Crippen molar-refractivity contribution in [3.8, 4) is 0 Å². The number of carbonyl (C=O) groups excluding carboxylic acids is 1. The highest BCUT2D eigenvalue weighted by atomic mass is 19.1. The summed E-state index contributed by atoms with van der Waals surface area (Å²) in [5, 5.41) is 11.1. The van der Waals surface area contributed by atoms with Crippen molar-refractivity contribution in [1.82, 2.24) is 0 Å². The van der Waals surface area contributed by atoms with E-state index < -0.39 is 4.92 Å². The summed E-state index contributed by atoms with van der Waals surface area (Å²) in [6, 6.07) is 10.1. The lowest BCUT2D eigenvalue weighted by atomic mass is 10.1. The van der Waals surface area contributed by atoms with Gasteiger partial charge in [0, 0.05) is 24.5 Å². The molecule has 5 nitrogen and oxygen atoms in total. The zero-order valence-electron chi connectivity index (χ0n) is 11.5. The van der Waals surface area contributed by atoms with Gasteiger partial charge in [-0.05, 0) is 43.3 Å². The molecule has 0 aliphatic carbocycles. The summed E-state index contributed by atoms with van der Waals surface area (Å²) in [4.78, 5) is 23.6. The normalized spacial score (nSPS) is 10.2. The highest BCUT2D eigenvalue weighted by Gasteiger charge is 2.19. The average molecular weight is 288 g/mol. The number of rotatable bonds is 4. The molecule has 2 rings (SSSR count). The van der Waals surface area contributed by atoms with E-state index in [1.54, 1.807) is 30.1 Å². The Labute approximate surface area is 120 Å². The zero-order valence-corrected chi connectivity index (χ0v) is 11.5. The van der Waals surface area contributed by atoms with Crippen molar-refractivity contribution in [2.24, 2.45) is 0 Å². The molecule has 2 aromatic carbocycles. The molecule has 0 radical (unpaired) electrons. The molecule has 108 valence electrons. The van der Waals surface area contributed by atoms with E-state index in [2.05, 4.69) is 0 Å². The Hall–Kier alpha value is -2.76. The third-order valence-corrected chi connectivity index (χ3v) is 3.16. The van der Waals surface area contributed by atoms with Gasteiger partial charge in [-0.1, -0.05) is 0 Å². The Kier molecular flexibility index (Phi) is 3.98. The number of halogens is 1. The second kappa shape index (κ2) is 5.70. The van der Waals surface area contributed by atoms with Crippen LogP contribution in [0.1, 0.15) is 17.3 Å². The van der Waals surface area contributed by atoms with E-state index in [0.717, 1.165) is 0 Å². The Morgan fingerprint density at radius 1 is 1.14 bits per heavy atom. The van der Waals surface area contributed by atoms with Crippen molar-refractivity contribution in [1.29, 1.82) is 0 Å². The first-order chi connectivity index (χ1) is 9.90. The molecule has 2 aromatic rings. The van der Waals surface area contributed by atoms with Crippen LogP contribution in [-0.2, 0) is 0 Å². The van der Waals surface area contributed by atoms with Crippen molar-refractivity contribution < 1.29 is 14.1 Å². The zero-order chi connectivity index (χ0) is 15.6. The van der Waals surface area contributed by atoms with Gasteiger partial charge in [-0.3, -0.25) is 14.9 Å². The Morgan fingerprint density at radius 2 is 1.71 bits per heavy atom. The van der Waals surface area contributed by atoms with Crippen LogP contribution in [0.25, 0.3) is 0 Å². The molecular formula is C15H13FN2O3. The first-order valence-corrected chi connectivity index (χ1v) is 6.19. The number of hydrogen-bond acceptors (Lipinski definition) is 4. The molecule has 0 aromatic heterocycles. The van der Waals surface area contributed by atoms with Crippen LogP contribution >= 0.6 is 0 Å². The molecular weight excluding hydrogens is 275 g/mol. The molecule has 0 aliphatic heterocycles. The number of benzene rings is 2. The fraction of sp³-hybridized carbons (Fsp3) is 0.133. The maximum Gasteiger partial charge on any atom is 0.282 e. The summed E-state index contributed by atoms with van der Waals surface area (Å²) in [7, 11) is 1.71. The summed E-state index contributed by atoms with van der Waals surface area (Å²) in [5.41, 5.74) is 1.05. The van der Waals surface area contributed by atoms with E-state index in [-0.39, 0.29) is 22.9 Å². The van der Waals surface area contributed by atoms with E-state index in [1.165, 1.54) is 31.2 Å². The number of nitrogens with zero attached hydrogens (tertiary/aromatic N) is 2. The second-order valence-corrected chi connectivity index (χ2v) is 4.55. The standard InChI is InChI=1S/C15H13FN2O3/c1-10(19)14-8-7-13(9-15(14)18(20)21)17(2)12-5-3-11(16)4-6-12/h3-9H,1-2H3. The minimum Gasteiger partial charge on any atom is -0.344 e. The van der Waals surface area contributed by atoms with Crippen LogP contribution in [0.2, 0.25) is 0 Å². The van der Waals surface area contributed by atoms with E-state index in [0.29, 0.717) is 11.4 Å². The lowest BCUT2D eigenvalue weighted by molar-refractivity contribution is -0.385. The van der Waals surface area contributed by atoms with Crippen LogP contribution in [0.15, 0.2) is 42.5 Å². The van der Waals surface area contributed by atoms with Crippen molar-refractivity contribution >= 4 is 22.8 Å². The van der Waals surface area contributed by atoms with E-state index >= 15 is 0 Å². The molecule has 0 fully saturated rings. The lowest BCUT2D eigenvalue weighted by Crippen LogP contribution is -2.10. The molecule has 0 heterocycles. The average Bonchev–Trinajstić information content (AvgIpc) is 2.46. The number of nitro groups is 1. The predicted octanol–water partition coefficient (Wildman–Crippen LogP) is 3.70. The molecule has 0 unspecified atom stereocenters. The van der Waals surface area contributed by atoms with Gasteiger partial charge in [0.25, 0.3) is 5.69 Å². The Bertz CT molecular complexity index is 699. The van der Waals surface area contributed by atoms with Crippen molar-refractivity contribution in [3.63, 3.8) is 0 Å². The second-order valence-electron chi connectivity index (χ2n) is 4.55. The van der Waals surface area contributed by atoms with Gasteiger partial charge in [0.2, 0.25) is 0 Å². The van der Waals surface area contributed by atoms with Crippen LogP contribution in [0.3, 0.4) is 0 Å². The minimum absolute atomic E-state index is 0.0660. The molecule has 0 saturated carbocycles. The molecule has 0 amide bonds. The van der Waals surface area contributed by atoms with Gasteiger partial charge < -0.3 is 4.90 Å². The highest BCUT2D eigenvalue weighted by molar-refractivity contribution is 5.98. The van der Waals surface area contributed by atoms with Crippen LogP contribution in [0, 0.1) is 15.9 Å². The molecule has 0 N–H and O–H groups in total. The van der Waals surface area contributed by atoms with E-state index in [1.807, 2.05) is 0 Å².